The number of rotatable bonds is 4. The number of halogens is 1. The van der Waals surface area contributed by atoms with Gasteiger partial charge in [-0.1, -0.05) is 37.1 Å². The van der Waals surface area contributed by atoms with E-state index in [9.17, 15) is 0 Å². The first kappa shape index (κ1) is 10.4. The Kier molecular flexibility index (Phi) is 4.10. The third-order valence-corrected chi connectivity index (χ3v) is 2.46. The third-order valence-electron chi connectivity index (χ3n) is 2.15. The van der Waals surface area contributed by atoms with Crippen LogP contribution in [0.2, 0.25) is 5.02 Å². The Morgan fingerprint density at radius 2 is 2.15 bits per heavy atom. The second kappa shape index (κ2) is 5.13. The molecule has 0 saturated carbocycles. The maximum absolute atomic E-state index is 6.05. The topological polar surface area (TPSA) is 12.0 Å². The number of nitrogens with one attached hydrogen (secondary N) is 1. The molecule has 0 amide bonds. The van der Waals surface area contributed by atoms with E-state index < -0.39 is 0 Å². The van der Waals surface area contributed by atoms with Crippen LogP contribution < -0.4 is 5.32 Å². The van der Waals surface area contributed by atoms with Crippen molar-refractivity contribution in [2.75, 3.05) is 12.4 Å². The van der Waals surface area contributed by atoms with E-state index >= 15 is 0 Å². The summed E-state index contributed by atoms with van der Waals surface area (Å²) in [7, 11) is 1.91. The van der Waals surface area contributed by atoms with Crippen LogP contribution in [-0.2, 0) is 6.42 Å². The number of hydrogen-bond donors (Lipinski definition) is 1. The van der Waals surface area contributed by atoms with Crippen molar-refractivity contribution < 1.29 is 0 Å². The van der Waals surface area contributed by atoms with Gasteiger partial charge in [0.1, 0.15) is 0 Å². The molecule has 0 heterocycles. The van der Waals surface area contributed by atoms with Gasteiger partial charge in [-0.05, 0) is 24.5 Å². The number of aryl methyl sites for hydroxylation is 1. The highest BCUT2D eigenvalue weighted by atomic mass is 35.5. The predicted molar refractivity (Wildman–Crippen MR) is 59.6 cm³/mol. The van der Waals surface area contributed by atoms with E-state index in [1.807, 2.05) is 19.2 Å². The van der Waals surface area contributed by atoms with Crippen LogP contribution in [0.5, 0.6) is 0 Å². The molecule has 0 aliphatic rings. The van der Waals surface area contributed by atoms with Gasteiger partial charge in [0.15, 0.2) is 0 Å². The fraction of sp³-hybridized carbons (Fsp3) is 0.455. The molecule has 1 rings (SSSR count). The zero-order valence-electron chi connectivity index (χ0n) is 8.23. The Hall–Kier alpha value is -0.690. The average Bonchev–Trinajstić information content (AvgIpc) is 2.15. The van der Waals surface area contributed by atoms with Gasteiger partial charge in [0, 0.05) is 7.05 Å². The quantitative estimate of drug-likeness (QED) is 0.776. The second-order valence-corrected chi connectivity index (χ2v) is 3.53. The van der Waals surface area contributed by atoms with Gasteiger partial charge in [-0.2, -0.15) is 0 Å². The Morgan fingerprint density at radius 3 is 2.77 bits per heavy atom. The summed E-state index contributed by atoms with van der Waals surface area (Å²) in [5.74, 6) is 0. The maximum atomic E-state index is 6.05. The Morgan fingerprint density at radius 1 is 1.38 bits per heavy atom. The molecule has 0 aliphatic carbocycles. The van der Waals surface area contributed by atoms with Crippen molar-refractivity contribution in [3.05, 3.63) is 28.8 Å². The summed E-state index contributed by atoms with van der Waals surface area (Å²) in [6.45, 7) is 2.20. The van der Waals surface area contributed by atoms with E-state index in [0.717, 1.165) is 17.1 Å². The molecular formula is C11H16ClN. The molecule has 1 N–H and O–H groups in total. The van der Waals surface area contributed by atoms with Crippen molar-refractivity contribution in [2.24, 2.45) is 0 Å². The summed E-state index contributed by atoms with van der Waals surface area (Å²) in [4.78, 5) is 0. The number of hydrogen-bond acceptors (Lipinski definition) is 1. The van der Waals surface area contributed by atoms with Crippen LogP contribution in [0.15, 0.2) is 18.2 Å². The van der Waals surface area contributed by atoms with Crippen LogP contribution in [0.4, 0.5) is 5.69 Å². The molecule has 1 aromatic rings. The molecule has 0 aliphatic heterocycles. The molecule has 2 heteroatoms. The average molecular weight is 198 g/mol. The summed E-state index contributed by atoms with van der Waals surface area (Å²) >= 11 is 6.05. The number of anilines is 1. The zero-order chi connectivity index (χ0) is 9.68. The molecule has 0 saturated heterocycles. The Balaban J connectivity index is 2.85. The summed E-state index contributed by atoms with van der Waals surface area (Å²) in [6.07, 6.45) is 3.54. The van der Waals surface area contributed by atoms with E-state index in [-0.39, 0.29) is 0 Å². The van der Waals surface area contributed by atoms with Crippen LogP contribution in [0.3, 0.4) is 0 Å². The highest BCUT2D eigenvalue weighted by Crippen LogP contribution is 2.26. The monoisotopic (exact) mass is 197 g/mol. The molecule has 0 unspecified atom stereocenters. The summed E-state index contributed by atoms with van der Waals surface area (Å²) < 4.78 is 0. The van der Waals surface area contributed by atoms with Crippen molar-refractivity contribution in [3.8, 4) is 0 Å². The SMILES string of the molecule is CCCCc1cccc(Cl)c1NC. The highest BCUT2D eigenvalue weighted by Gasteiger charge is 2.03. The fourth-order valence-corrected chi connectivity index (χ4v) is 1.71. The van der Waals surface area contributed by atoms with Crippen LogP contribution in [0.1, 0.15) is 25.3 Å². The van der Waals surface area contributed by atoms with Gasteiger partial charge in [0.25, 0.3) is 0 Å². The highest BCUT2D eigenvalue weighted by molar-refractivity contribution is 6.33. The van der Waals surface area contributed by atoms with Gasteiger partial charge in [-0.25, -0.2) is 0 Å². The standard InChI is InChI=1S/C11H16ClN/c1-3-4-6-9-7-5-8-10(12)11(9)13-2/h5,7-8,13H,3-4,6H2,1-2H3. The van der Waals surface area contributed by atoms with Crippen LogP contribution in [0.25, 0.3) is 0 Å². The fourth-order valence-electron chi connectivity index (χ4n) is 1.42. The van der Waals surface area contributed by atoms with E-state index in [4.69, 9.17) is 11.6 Å². The minimum atomic E-state index is 0.816. The van der Waals surface area contributed by atoms with E-state index in [1.165, 1.54) is 18.4 Å². The van der Waals surface area contributed by atoms with Gasteiger partial charge in [-0.15, -0.1) is 0 Å². The number of benzene rings is 1. The maximum Gasteiger partial charge on any atom is 0.0640 e. The van der Waals surface area contributed by atoms with Gasteiger partial charge in [0.2, 0.25) is 0 Å². The van der Waals surface area contributed by atoms with E-state index in [1.54, 1.807) is 0 Å². The number of unbranched alkanes of at least 4 members (excludes halogenated alkanes) is 1. The Labute approximate surface area is 85.1 Å². The normalized spacial score (nSPS) is 10.1. The lowest BCUT2D eigenvalue weighted by atomic mass is 10.1. The molecule has 0 radical (unpaired) electrons. The molecular weight excluding hydrogens is 182 g/mol. The number of para-hydroxylation sites is 1. The lowest BCUT2D eigenvalue weighted by Crippen LogP contribution is -1.96. The molecule has 0 bridgehead atoms. The third kappa shape index (κ3) is 2.63. The lowest BCUT2D eigenvalue weighted by molar-refractivity contribution is 0.796. The predicted octanol–water partition coefficient (Wildman–Crippen LogP) is 3.72. The first-order valence-electron chi connectivity index (χ1n) is 4.74. The van der Waals surface area contributed by atoms with E-state index in [0.29, 0.717) is 0 Å². The van der Waals surface area contributed by atoms with Crippen LogP contribution >= 0.6 is 11.6 Å². The smallest absolute Gasteiger partial charge is 0.0640 e. The molecule has 0 atom stereocenters. The zero-order valence-corrected chi connectivity index (χ0v) is 8.99. The summed E-state index contributed by atoms with van der Waals surface area (Å²) in [5, 5.41) is 3.96. The molecule has 0 fully saturated rings. The lowest BCUT2D eigenvalue weighted by Gasteiger charge is -2.09. The van der Waals surface area contributed by atoms with Crippen molar-refractivity contribution in [2.45, 2.75) is 26.2 Å². The second-order valence-electron chi connectivity index (χ2n) is 3.13. The molecule has 1 nitrogen and oxygen atoms in total. The van der Waals surface area contributed by atoms with Crippen LogP contribution in [-0.4, -0.2) is 7.05 Å². The van der Waals surface area contributed by atoms with Gasteiger partial charge in [-0.3, -0.25) is 0 Å². The summed E-state index contributed by atoms with van der Waals surface area (Å²) in [6, 6.07) is 6.06. The van der Waals surface area contributed by atoms with Gasteiger partial charge < -0.3 is 5.32 Å². The van der Waals surface area contributed by atoms with Crippen molar-refractivity contribution in [1.29, 1.82) is 0 Å². The molecule has 1 aromatic carbocycles. The first-order valence-corrected chi connectivity index (χ1v) is 5.12. The molecule has 0 spiro atoms. The van der Waals surface area contributed by atoms with Gasteiger partial charge in [0.05, 0.1) is 10.7 Å². The molecule has 0 aromatic heterocycles. The minimum Gasteiger partial charge on any atom is -0.387 e. The minimum absolute atomic E-state index is 0.816. The van der Waals surface area contributed by atoms with Crippen molar-refractivity contribution in [1.82, 2.24) is 0 Å². The van der Waals surface area contributed by atoms with Gasteiger partial charge >= 0.3 is 0 Å². The van der Waals surface area contributed by atoms with E-state index in [2.05, 4.69) is 18.3 Å². The first-order chi connectivity index (χ1) is 6.29. The molecule has 13 heavy (non-hydrogen) atoms. The van der Waals surface area contributed by atoms with Crippen LogP contribution in [0, 0.1) is 0 Å². The molecule has 72 valence electrons. The van der Waals surface area contributed by atoms with Crippen molar-refractivity contribution in [3.63, 3.8) is 0 Å². The van der Waals surface area contributed by atoms with Crippen molar-refractivity contribution >= 4 is 17.3 Å². The summed E-state index contributed by atoms with van der Waals surface area (Å²) in [5.41, 5.74) is 2.40. The Bertz CT molecular complexity index is 271. The largest absolute Gasteiger partial charge is 0.387 e.